The number of rotatable bonds is 4. The zero-order valence-corrected chi connectivity index (χ0v) is 12.5. The molecule has 4 nitrogen and oxygen atoms in total. The average Bonchev–Trinajstić information content (AvgIpc) is 2.84. The average molecular weight is 295 g/mol. The molecule has 5 heteroatoms. The molecule has 2 amide bonds. The molecule has 1 unspecified atom stereocenters. The Bertz CT molecular complexity index is 531. The van der Waals surface area contributed by atoms with Crippen LogP contribution in [0.1, 0.15) is 25.3 Å². The smallest absolute Gasteiger partial charge is 0.228 e. The number of alkyl halides is 1. The van der Waals surface area contributed by atoms with E-state index in [-0.39, 0.29) is 17.7 Å². The van der Waals surface area contributed by atoms with Gasteiger partial charge in [-0.25, -0.2) is 0 Å². The molecule has 1 saturated heterocycles. The highest BCUT2D eigenvalue weighted by molar-refractivity contribution is 6.19. The van der Waals surface area contributed by atoms with Crippen LogP contribution in [0.4, 0.5) is 11.4 Å². The summed E-state index contributed by atoms with van der Waals surface area (Å²) in [7, 11) is 0. The van der Waals surface area contributed by atoms with Crippen LogP contribution >= 0.6 is 11.6 Å². The second-order valence-corrected chi connectivity index (χ2v) is 5.50. The fourth-order valence-corrected chi connectivity index (χ4v) is 2.41. The summed E-state index contributed by atoms with van der Waals surface area (Å²) < 4.78 is 0. The molecule has 1 fully saturated rings. The van der Waals surface area contributed by atoms with E-state index in [2.05, 4.69) is 5.32 Å². The molecule has 1 heterocycles. The minimum atomic E-state index is -0.225. The van der Waals surface area contributed by atoms with Gasteiger partial charge in [-0.15, -0.1) is 11.6 Å². The van der Waals surface area contributed by atoms with Crippen LogP contribution in [0.2, 0.25) is 0 Å². The molecule has 108 valence electrons. The molecule has 0 aromatic heterocycles. The Kier molecular flexibility index (Phi) is 4.65. The van der Waals surface area contributed by atoms with Gasteiger partial charge in [0.25, 0.3) is 0 Å². The number of anilines is 2. The number of carbonyl (C=O) groups excluding carboxylic acids is 2. The predicted molar refractivity (Wildman–Crippen MR) is 81.3 cm³/mol. The third kappa shape index (κ3) is 3.12. The number of nitrogens with one attached hydrogen (secondary N) is 1. The van der Waals surface area contributed by atoms with Gasteiger partial charge < -0.3 is 10.2 Å². The number of carbonyl (C=O) groups is 2. The quantitative estimate of drug-likeness (QED) is 0.868. The Morgan fingerprint density at radius 3 is 2.80 bits per heavy atom. The van der Waals surface area contributed by atoms with Crippen molar-refractivity contribution in [1.82, 2.24) is 0 Å². The maximum atomic E-state index is 11.8. The fraction of sp³-hybridized carbons (Fsp3) is 0.467. The van der Waals surface area contributed by atoms with E-state index in [0.717, 1.165) is 29.9 Å². The standard InChI is InChI=1S/C15H19ClN2O2/c1-10-8-12(17-15(20)11(2)9-16)5-6-13(10)18-7-3-4-14(18)19/h5-6,8,11H,3-4,7,9H2,1-2H3,(H,17,20). The largest absolute Gasteiger partial charge is 0.326 e. The van der Waals surface area contributed by atoms with Gasteiger partial charge in [-0.05, 0) is 37.1 Å². The second-order valence-electron chi connectivity index (χ2n) is 5.19. The number of halogens is 1. The van der Waals surface area contributed by atoms with Gasteiger partial charge >= 0.3 is 0 Å². The fourth-order valence-electron chi connectivity index (χ4n) is 2.27. The summed E-state index contributed by atoms with van der Waals surface area (Å²) in [6, 6.07) is 5.60. The summed E-state index contributed by atoms with van der Waals surface area (Å²) in [5, 5.41) is 2.84. The van der Waals surface area contributed by atoms with Gasteiger partial charge in [-0.3, -0.25) is 9.59 Å². The zero-order chi connectivity index (χ0) is 14.7. The summed E-state index contributed by atoms with van der Waals surface area (Å²) in [6.07, 6.45) is 1.52. The molecule has 20 heavy (non-hydrogen) atoms. The van der Waals surface area contributed by atoms with Crippen molar-refractivity contribution in [2.45, 2.75) is 26.7 Å². The monoisotopic (exact) mass is 294 g/mol. The highest BCUT2D eigenvalue weighted by atomic mass is 35.5. The third-order valence-corrected chi connectivity index (χ3v) is 3.97. The summed E-state index contributed by atoms with van der Waals surface area (Å²) in [6.45, 7) is 4.50. The molecule has 0 spiro atoms. The molecule has 0 aliphatic carbocycles. The second kappa shape index (κ2) is 6.27. The van der Waals surface area contributed by atoms with E-state index in [0.29, 0.717) is 12.3 Å². The number of amides is 2. The molecule has 1 aromatic rings. The van der Waals surface area contributed by atoms with Gasteiger partial charge in [-0.1, -0.05) is 6.92 Å². The van der Waals surface area contributed by atoms with E-state index >= 15 is 0 Å². The van der Waals surface area contributed by atoms with Gasteiger partial charge in [0, 0.05) is 36.1 Å². The predicted octanol–water partition coefficient (Wildman–Crippen LogP) is 2.94. The maximum Gasteiger partial charge on any atom is 0.228 e. The van der Waals surface area contributed by atoms with E-state index in [4.69, 9.17) is 11.6 Å². The van der Waals surface area contributed by atoms with Crippen molar-refractivity contribution in [2.24, 2.45) is 5.92 Å². The molecule has 1 aliphatic rings. The topological polar surface area (TPSA) is 49.4 Å². The van der Waals surface area contributed by atoms with Crippen LogP contribution in [-0.4, -0.2) is 24.2 Å². The van der Waals surface area contributed by atoms with E-state index < -0.39 is 0 Å². The van der Waals surface area contributed by atoms with E-state index in [9.17, 15) is 9.59 Å². The minimum absolute atomic E-state index is 0.0931. The Morgan fingerprint density at radius 1 is 1.50 bits per heavy atom. The number of benzene rings is 1. The highest BCUT2D eigenvalue weighted by Crippen LogP contribution is 2.27. The van der Waals surface area contributed by atoms with E-state index in [1.165, 1.54) is 0 Å². The zero-order valence-electron chi connectivity index (χ0n) is 11.8. The van der Waals surface area contributed by atoms with Crippen LogP contribution in [0.3, 0.4) is 0 Å². The normalized spacial score (nSPS) is 16.4. The van der Waals surface area contributed by atoms with E-state index in [1.807, 2.05) is 30.0 Å². The van der Waals surface area contributed by atoms with Crippen molar-refractivity contribution in [3.63, 3.8) is 0 Å². The Labute approximate surface area is 124 Å². The van der Waals surface area contributed by atoms with Gasteiger partial charge in [0.05, 0.1) is 0 Å². The molecule has 1 aliphatic heterocycles. The van der Waals surface area contributed by atoms with Crippen LogP contribution in [-0.2, 0) is 9.59 Å². The SMILES string of the molecule is Cc1cc(NC(=O)C(C)CCl)ccc1N1CCCC1=O. The number of hydrogen-bond acceptors (Lipinski definition) is 2. The summed E-state index contributed by atoms with van der Waals surface area (Å²) in [5.74, 6) is 0.146. The third-order valence-electron chi connectivity index (χ3n) is 3.51. The van der Waals surface area contributed by atoms with Gasteiger partial charge in [0.15, 0.2) is 0 Å². The number of nitrogens with zero attached hydrogens (tertiary/aromatic N) is 1. The molecule has 0 radical (unpaired) electrons. The van der Waals surface area contributed by atoms with E-state index in [1.54, 1.807) is 6.92 Å². The molecule has 2 rings (SSSR count). The first kappa shape index (κ1) is 14.9. The van der Waals surface area contributed by atoms with Gasteiger partial charge in [0.2, 0.25) is 11.8 Å². The Balaban J connectivity index is 2.13. The van der Waals surface area contributed by atoms with Crippen molar-refractivity contribution in [1.29, 1.82) is 0 Å². The molecule has 0 saturated carbocycles. The molecule has 1 N–H and O–H groups in total. The van der Waals surface area contributed by atoms with Crippen molar-refractivity contribution in [3.05, 3.63) is 23.8 Å². The molecular weight excluding hydrogens is 276 g/mol. The first-order valence-electron chi connectivity index (χ1n) is 6.80. The van der Waals surface area contributed by atoms with Crippen molar-refractivity contribution < 1.29 is 9.59 Å². The number of aryl methyl sites for hydroxylation is 1. The lowest BCUT2D eigenvalue weighted by Crippen LogP contribution is -2.25. The lowest BCUT2D eigenvalue weighted by atomic mass is 10.1. The number of hydrogen-bond donors (Lipinski definition) is 1. The van der Waals surface area contributed by atoms with Gasteiger partial charge in [-0.2, -0.15) is 0 Å². The first-order chi connectivity index (χ1) is 9.52. The van der Waals surface area contributed by atoms with Crippen LogP contribution in [0.5, 0.6) is 0 Å². The van der Waals surface area contributed by atoms with Crippen LogP contribution < -0.4 is 10.2 Å². The Morgan fingerprint density at radius 2 is 2.25 bits per heavy atom. The van der Waals surface area contributed by atoms with Gasteiger partial charge in [0.1, 0.15) is 0 Å². The van der Waals surface area contributed by atoms with Crippen molar-refractivity contribution >= 4 is 34.8 Å². The lowest BCUT2D eigenvalue weighted by Gasteiger charge is -2.19. The lowest BCUT2D eigenvalue weighted by molar-refractivity contribution is -0.119. The minimum Gasteiger partial charge on any atom is -0.326 e. The summed E-state index contributed by atoms with van der Waals surface area (Å²) in [4.78, 5) is 25.4. The van der Waals surface area contributed by atoms with Crippen LogP contribution in [0.15, 0.2) is 18.2 Å². The summed E-state index contributed by atoms with van der Waals surface area (Å²) >= 11 is 5.67. The first-order valence-corrected chi connectivity index (χ1v) is 7.34. The van der Waals surface area contributed by atoms with Crippen LogP contribution in [0, 0.1) is 12.8 Å². The highest BCUT2D eigenvalue weighted by Gasteiger charge is 2.23. The maximum absolute atomic E-state index is 11.8. The summed E-state index contributed by atoms with van der Waals surface area (Å²) in [5.41, 5.74) is 2.65. The Hall–Kier alpha value is -1.55. The molecular formula is C15H19ClN2O2. The molecule has 1 atom stereocenters. The molecule has 1 aromatic carbocycles. The molecule has 0 bridgehead atoms. The van der Waals surface area contributed by atoms with Crippen LogP contribution in [0.25, 0.3) is 0 Å². The van der Waals surface area contributed by atoms with Crippen molar-refractivity contribution in [3.8, 4) is 0 Å². The van der Waals surface area contributed by atoms with Crippen molar-refractivity contribution in [2.75, 3.05) is 22.6 Å².